The third kappa shape index (κ3) is 4.90. The summed E-state index contributed by atoms with van der Waals surface area (Å²) in [6.07, 6.45) is 6.88. The van der Waals surface area contributed by atoms with E-state index in [2.05, 4.69) is 75.8 Å². The molecule has 1 aromatic heterocycles. The lowest BCUT2D eigenvalue weighted by Crippen LogP contribution is -2.33. The Kier molecular flexibility index (Phi) is 6.69. The van der Waals surface area contributed by atoms with E-state index in [-0.39, 0.29) is 4.90 Å². The number of anilines is 3. The second-order valence-corrected chi connectivity index (χ2v) is 13.4. The van der Waals surface area contributed by atoms with Crippen LogP contribution in [0.25, 0.3) is 6.08 Å². The van der Waals surface area contributed by atoms with E-state index >= 15 is 0 Å². The van der Waals surface area contributed by atoms with Crippen LogP contribution in [0, 0.1) is 6.92 Å². The van der Waals surface area contributed by atoms with Crippen molar-refractivity contribution >= 4 is 33.3 Å². The van der Waals surface area contributed by atoms with Gasteiger partial charge in [0.2, 0.25) is 0 Å². The Labute approximate surface area is 243 Å². The summed E-state index contributed by atoms with van der Waals surface area (Å²) in [5.41, 5.74) is 6.28. The van der Waals surface area contributed by atoms with Crippen LogP contribution in [0.3, 0.4) is 0 Å². The normalized spacial score (nSPS) is 15.8. The van der Waals surface area contributed by atoms with Crippen molar-refractivity contribution in [2.24, 2.45) is 0 Å². The third-order valence-electron chi connectivity index (χ3n) is 8.19. The van der Waals surface area contributed by atoms with Gasteiger partial charge in [-0.2, -0.15) is 12.5 Å². The molecule has 3 aromatic carbocycles. The lowest BCUT2D eigenvalue weighted by molar-refractivity contribution is 0.565. The van der Waals surface area contributed by atoms with E-state index < -0.39 is 15.4 Å². The van der Waals surface area contributed by atoms with Crippen molar-refractivity contribution in [1.82, 2.24) is 9.19 Å². The zero-order valence-corrected chi connectivity index (χ0v) is 25.1. The quantitative estimate of drug-likeness (QED) is 0.295. The number of nitrogens with zero attached hydrogens (tertiary/aromatic N) is 4. The largest absolute Gasteiger partial charge is 0.378 e. The van der Waals surface area contributed by atoms with E-state index in [0.717, 1.165) is 46.5 Å². The smallest absolute Gasteiger partial charge is 0.283 e. The number of aromatic nitrogens is 2. The predicted molar refractivity (Wildman–Crippen MR) is 168 cm³/mol. The fourth-order valence-electron chi connectivity index (χ4n) is 5.55. The minimum absolute atomic E-state index is 0.232. The van der Waals surface area contributed by atoms with Gasteiger partial charge in [0.05, 0.1) is 10.6 Å². The van der Waals surface area contributed by atoms with E-state index in [4.69, 9.17) is 5.10 Å². The molecule has 7 nitrogen and oxygen atoms in total. The van der Waals surface area contributed by atoms with Crippen LogP contribution in [0.5, 0.6) is 0 Å². The maximum Gasteiger partial charge on any atom is 0.283 e. The Balaban J connectivity index is 1.58. The summed E-state index contributed by atoms with van der Waals surface area (Å²) in [5.74, 6) is 0.632. The van der Waals surface area contributed by atoms with Gasteiger partial charge in [-0.15, -0.1) is 5.10 Å². The first-order valence-electron chi connectivity index (χ1n) is 14.0. The number of aryl methyl sites for hydroxylation is 1. The summed E-state index contributed by atoms with van der Waals surface area (Å²) in [7, 11) is 4.20. The molecule has 0 aliphatic heterocycles. The van der Waals surface area contributed by atoms with Crippen molar-refractivity contribution in [1.29, 1.82) is 0 Å². The average molecular weight is 568 g/mol. The number of allylic oxidation sites excluding steroid dienone is 1. The number of hydrogen-bond acceptors (Lipinski definition) is 6. The van der Waals surface area contributed by atoms with Gasteiger partial charge in [-0.25, -0.2) is 0 Å². The first kappa shape index (κ1) is 27.1. The van der Waals surface area contributed by atoms with Crippen LogP contribution in [0.2, 0.25) is 0 Å². The third-order valence-corrected chi connectivity index (χ3v) is 9.81. The van der Waals surface area contributed by atoms with Crippen molar-refractivity contribution in [3.05, 3.63) is 107 Å². The summed E-state index contributed by atoms with van der Waals surface area (Å²) in [4.78, 5) is 4.42. The minimum Gasteiger partial charge on any atom is -0.378 e. The molecule has 212 valence electrons. The molecule has 8 heteroatoms. The Morgan fingerprint density at radius 1 is 0.878 bits per heavy atom. The summed E-state index contributed by atoms with van der Waals surface area (Å²) >= 11 is 0. The standard InChI is InChI=1S/C33H37N5O2S/c1-23-12-16-29(17-13-23)41(39,40)38-31-22-33(24-8-6-10-27(20-24)36(2)3,25-9-7-11-28(21-25)37(4)5)19-18-30(31)32(35-38)34-26-14-15-26/h6-13,16-21,26H,14-15,22H2,1-5H3,(H,34,35). The monoisotopic (exact) mass is 567 g/mol. The van der Waals surface area contributed by atoms with Gasteiger partial charge in [-0.3, -0.25) is 0 Å². The van der Waals surface area contributed by atoms with E-state index in [0.29, 0.717) is 24.0 Å². The van der Waals surface area contributed by atoms with Gasteiger partial charge >= 0.3 is 0 Å². The molecule has 4 aromatic rings. The maximum absolute atomic E-state index is 14.1. The lowest BCUT2D eigenvalue weighted by Gasteiger charge is -2.36. The number of nitrogens with one attached hydrogen (secondary N) is 1. The molecule has 0 atom stereocenters. The zero-order valence-electron chi connectivity index (χ0n) is 24.3. The van der Waals surface area contributed by atoms with Gasteiger partial charge in [0.25, 0.3) is 10.0 Å². The van der Waals surface area contributed by atoms with Crippen molar-refractivity contribution in [2.75, 3.05) is 43.3 Å². The number of fused-ring (bicyclic) bond motifs is 1. The molecule has 41 heavy (non-hydrogen) atoms. The zero-order chi connectivity index (χ0) is 28.9. The second-order valence-electron chi connectivity index (χ2n) is 11.7. The molecule has 1 N–H and O–H groups in total. The number of rotatable bonds is 8. The number of benzene rings is 3. The summed E-state index contributed by atoms with van der Waals surface area (Å²) in [6, 6.07) is 24.4. The molecule has 1 heterocycles. The number of hydrogen-bond donors (Lipinski definition) is 1. The molecule has 1 saturated carbocycles. The van der Waals surface area contributed by atoms with Gasteiger partial charge in [0.15, 0.2) is 5.82 Å². The Morgan fingerprint density at radius 2 is 1.46 bits per heavy atom. The fraction of sp³-hybridized carbons (Fsp3) is 0.303. The van der Waals surface area contributed by atoms with Crippen molar-refractivity contribution in [2.45, 2.75) is 42.5 Å². The Bertz CT molecular complexity index is 1680. The molecule has 0 amide bonds. The SMILES string of the molecule is Cc1ccc(S(=O)(=O)n2nc(NC3CC3)c3c2CC(c2cccc(N(C)C)c2)(c2cccc(N(C)C)c2)C=C3)cc1. The van der Waals surface area contributed by atoms with Crippen LogP contribution in [0.1, 0.15) is 40.8 Å². The lowest BCUT2D eigenvalue weighted by atomic mass is 9.68. The summed E-state index contributed by atoms with van der Waals surface area (Å²) in [5, 5.41) is 8.23. The summed E-state index contributed by atoms with van der Waals surface area (Å²) in [6.45, 7) is 1.95. The van der Waals surface area contributed by atoms with Gasteiger partial charge in [-0.1, -0.05) is 54.1 Å². The minimum atomic E-state index is -3.93. The first-order valence-corrected chi connectivity index (χ1v) is 15.5. The van der Waals surface area contributed by atoms with Crippen molar-refractivity contribution < 1.29 is 8.42 Å². The molecule has 0 bridgehead atoms. The topological polar surface area (TPSA) is 70.5 Å². The highest BCUT2D eigenvalue weighted by atomic mass is 32.2. The van der Waals surface area contributed by atoms with E-state index in [1.54, 1.807) is 12.1 Å². The predicted octanol–water partition coefficient (Wildman–Crippen LogP) is 5.69. The van der Waals surface area contributed by atoms with Crippen LogP contribution in [-0.4, -0.2) is 51.8 Å². The molecule has 0 radical (unpaired) electrons. The molecular weight excluding hydrogens is 530 g/mol. The van der Waals surface area contributed by atoms with Gasteiger partial charge in [0.1, 0.15) is 0 Å². The van der Waals surface area contributed by atoms with Crippen LogP contribution >= 0.6 is 0 Å². The second kappa shape index (κ2) is 10.1. The van der Waals surface area contributed by atoms with Gasteiger partial charge < -0.3 is 15.1 Å². The highest BCUT2D eigenvalue weighted by molar-refractivity contribution is 7.89. The Morgan fingerprint density at radius 3 is 2.00 bits per heavy atom. The molecule has 2 aliphatic carbocycles. The fourth-order valence-corrected chi connectivity index (χ4v) is 6.88. The average Bonchev–Trinajstić information content (AvgIpc) is 3.72. The van der Waals surface area contributed by atoms with Gasteiger partial charge in [0, 0.05) is 63.0 Å². The van der Waals surface area contributed by atoms with Crippen LogP contribution in [0.4, 0.5) is 17.2 Å². The van der Waals surface area contributed by atoms with Crippen molar-refractivity contribution in [3.63, 3.8) is 0 Å². The first-order chi connectivity index (χ1) is 19.6. The Hall–Kier alpha value is -4.04. The van der Waals surface area contributed by atoms with Crippen LogP contribution in [0.15, 0.2) is 83.8 Å². The van der Waals surface area contributed by atoms with Crippen LogP contribution in [-0.2, 0) is 21.9 Å². The molecule has 0 spiro atoms. The van der Waals surface area contributed by atoms with Gasteiger partial charge in [-0.05, 0) is 67.3 Å². The van der Waals surface area contributed by atoms with E-state index in [1.165, 1.54) is 4.09 Å². The maximum atomic E-state index is 14.1. The molecule has 2 aliphatic rings. The highest BCUT2D eigenvalue weighted by Crippen LogP contribution is 2.45. The summed E-state index contributed by atoms with van der Waals surface area (Å²) < 4.78 is 29.6. The molecule has 6 rings (SSSR count). The molecule has 0 unspecified atom stereocenters. The molecule has 1 fully saturated rings. The van der Waals surface area contributed by atoms with E-state index in [1.807, 2.05) is 47.2 Å². The van der Waals surface area contributed by atoms with Crippen molar-refractivity contribution in [3.8, 4) is 0 Å². The van der Waals surface area contributed by atoms with Crippen LogP contribution < -0.4 is 15.1 Å². The highest BCUT2D eigenvalue weighted by Gasteiger charge is 2.41. The van der Waals surface area contributed by atoms with E-state index in [9.17, 15) is 8.42 Å². The molecule has 0 saturated heterocycles. The molecular formula is C33H37N5O2S.